The molecule has 4 rings (SSSR count). The number of aryl methyl sites for hydroxylation is 3. The number of hydrogen-bond acceptors (Lipinski definition) is 8. The maximum Gasteiger partial charge on any atom is 0.246 e. The van der Waals surface area contributed by atoms with E-state index in [1.807, 2.05) is 26.8 Å². The summed E-state index contributed by atoms with van der Waals surface area (Å²) in [4.78, 5) is 16.4. The van der Waals surface area contributed by atoms with Gasteiger partial charge in [-0.3, -0.25) is 4.68 Å². The van der Waals surface area contributed by atoms with Gasteiger partial charge in [0.15, 0.2) is 0 Å². The normalized spacial score (nSPS) is 19.0. The van der Waals surface area contributed by atoms with Gasteiger partial charge < -0.3 is 14.7 Å². The van der Waals surface area contributed by atoms with Crippen LogP contribution in [-0.4, -0.2) is 96.8 Å². The van der Waals surface area contributed by atoms with E-state index in [0.29, 0.717) is 49.0 Å². The van der Waals surface area contributed by atoms with Crippen LogP contribution in [0.2, 0.25) is 0 Å². The molecule has 0 saturated carbocycles. The molecule has 2 aliphatic rings. The molecule has 0 aliphatic carbocycles. The minimum atomic E-state index is -3.58. The van der Waals surface area contributed by atoms with Gasteiger partial charge >= 0.3 is 0 Å². The molecule has 0 aromatic carbocycles. The van der Waals surface area contributed by atoms with Crippen molar-refractivity contribution in [1.29, 1.82) is 0 Å². The van der Waals surface area contributed by atoms with Gasteiger partial charge in [-0.1, -0.05) is 0 Å². The van der Waals surface area contributed by atoms with E-state index in [0.717, 1.165) is 43.6 Å². The van der Waals surface area contributed by atoms with Crippen LogP contribution >= 0.6 is 0 Å². The lowest BCUT2D eigenvalue weighted by molar-refractivity contribution is 0.312. The molecule has 2 fully saturated rings. The van der Waals surface area contributed by atoms with Crippen LogP contribution in [0.25, 0.3) is 0 Å². The fraction of sp³-hybridized carbons (Fsp3) is 0.667. The van der Waals surface area contributed by atoms with Gasteiger partial charge in [0.05, 0.1) is 11.4 Å². The smallest absolute Gasteiger partial charge is 0.246 e. The lowest BCUT2D eigenvalue weighted by Crippen LogP contribution is -2.49. The molecule has 2 saturated heterocycles. The molecule has 2 aromatic rings. The Morgan fingerprint density at radius 2 is 1.41 bits per heavy atom. The number of nitrogens with zero attached hydrogens (tertiary/aromatic N) is 8. The number of likely N-dealkylation sites (N-methyl/N-ethyl adjacent to an activating group) is 1. The molecular formula is C21H34N8O2S. The summed E-state index contributed by atoms with van der Waals surface area (Å²) in [5, 5.41) is 4.40. The monoisotopic (exact) mass is 462 g/mol. The lowest BCUT2D eigenvalue weighted by atomic mass is 10.3. The van der Waals surface area contributed by atoms with Crippen molar-refractivity contribution in [3.05, 3.63) is 23.3 Å². The van der Waals surface area contributed by atoms with Crippen LogP contribution in [0, 0.1) is 20.8 Å². The molecule has 2 aliphatic heterocycles. The zero-order valence-electron chi connectivity index (χ0n) is 19.7. The first-order chi connectivity index (χ1) is 15.2. The summed E-state index contributed by atoms with van der Waals surface area (Å²) in [7, 11) is -1.44. The Kier molecular flexibility index (Phi) is 6.42. The summed E-state index contributed by atoms with van der Waals surface area (Å²) < 4.78 is 30.1. The highest BCUT2D eigenvalue weighted by molar-refractivity contribution is 7.89. The van der Waals surface area contributed by atoms with Crippen LogP contribution in [0.5, 0.6) is 0 Å². The van der Waals surface area contributed by atoms with Crippen LogP contribution < -0.4 is 9.80 Å². The quantitative estimate of drug-likeness (QED) is 0.647. The Labute approximate surface area is 190 Å². The molecule has 0 radical (unpaired) electrons. The third kappa shape index (κ3) is 4.33. The van der Waals surface area contributed by atoms with E-state index in [4.69, 9.17) is 0 Å². The van der Waals surface area contributed by atoms with E-state index in [9.17, 15) is 8.42 Å². The highest BCUT2D eigenvalue weighted by atomic mass is 32.2. The van der Waals surface area contributed by atoms with Crippen molar-refractivity contribution in [3.8, 4) is 0 Å². The van der Waals surface area contributed by atoms with Crippen LogP contribution in [0.4, 0.5) is 11.6 Å². The summed E-state index contributed by atoms with van der Waals surface area (Å²) in [6.07, 6.45) is 0. The fourth-order valence-corrected chi connectivity index (χ4v) is 6.34. The number of sulfonamides is 1. The zero-order valence-corrected chi connectivity index (χ0v) is 20.6. The summed E-state index contributed by atoms with van der Waals surface area (Å²) in [5.74, 6) is 2.56. The van der Waals surface area contributed by atoms with Gasteiger partial charge in [0.25, 0.3) is 0 Å². The molecule has 0 amide bonds. The first-order valence-electron chi connectivity index (χ1n) is 11.3. The third-order valence-corrected chi connectivity index (χ3v) is 8.57. The van der Waals surface area contributed by atoms with Crippen molar-refractivity contribution in [1.82, 2.24) is 29.0 Å². The molecular weight excluding hydrogens is 428 g/mol. The number of hydrogen-bond donors (Lipinski definition) is 0. The van der Waals surface area contributed by atoms with Crippen molar-refractivity contribution >= 4 is 21.7 Å². The molecule has 176 valence electrons. The van der Waals surface area contributed by atoms with Crippen molar-refractivity contribution in [2.75, 3.05) is 69.2 Å². The number of anilines is 2. The van der Waals surface area contributed by atoms with Gasteiger partial charge in [0, 0.05) is 65.0 Å². The van der Waals surface area contributed by atoms with Crippen LogP contribution in [-0.2, 0) is 16.6 Å². The molecule has 10 nitrogen and oxygen atoms in total. The molecule has 32 heavy (non-hydrogen) atoms. The van der Waals surface area contributed by atoms with Gasteiger partial charge in [0.2, 0.25) is 10.0 Å². The second-order valence-corrected chi connectivity index (χ2v) is 10.5. The Balaban J connectivity index is 1.49. The summed E-state index contributed by atoms with van der Waals surface area (Å²) in [6, 6.07) is 2.04. The van der Waals surface area contributed by atoms with E-state index in [2.05, 4.69) is 36.8 Å². The topological polar surface area (TPSA) is 90.7 Å². The van der Waals surface area contributed by atoms with Gasteiger partial charge in [-0.25, -0.2) is 18.4 Å². The largest absolute Gasteiger partial charge is 0.354 e. The Bertz CT molecular complexity index is 1070. The van der Waals surface area contributed by atoms with Gasteiger partial charge in [-0.05, 0) is 34.7 Å². The standard InChI is InChI=1S/C21H34N8O2S/c1-6-29-17(3)21(16(2)24-29)32(30,31)28-13-11-27(12-14-28)20-15-19(22-18(4)23-20)26-9-7-25(5)8-10-26/h15H,6-14H2,1-5H3. The number of aromatic nitrogens is 4. The minimum Gasteiger partial charge on any atom is -0.354 e. The van der Waals surface area contributed by atoms with Gasteiger partial charge in [-0.2, -0.15) is 9.40 Å². The Morgan fingerprint density at radius 3 is 1.91 bits per heavy atom. The first-order valence-corrected chi connectivity index (χ1v) is 12.7. The summed E-state index contributed by atoms with van der Waals surface area (Å²) >= 11 is 0. The van der Waals surface area contributed by atoms with Crippen molar-refractivity contribution in [3.63, 3.8) is 0 Å². The van der Waals surface area contributed by atoms with Crippen molar-refractivity contribution in [2.24, 2.45) is 0 Å². The Morgan fingerprint density at radius 1 is 0.875 bits per heavy atom. The minimum absolute atomic E-state index is 0.350. The van der Waals surface area contributed by atoms with Gasteiger partial charge in [-0.15, -0.1) is 0 Å². The van der Waals surface area contributed by atoms with Crippen LogP contribution in [0.3, 0.4) is 0 Å². The lowest BCUT2D eigenvalue weighted by Gasteiger charge is -2.36. The van der Waals surface area contributed by atoms with Gasteiger partial charge in [0.1, 0.15) is 22.4 Å². The van der Waals surface area contributed by atoms with Crippen LogP contribution in [0.1, 0.15) is 24.1 Å². The van der Waals surface area contributed by atoms with E-state index in [1.165, 1.54) is 0 Å². The molecule has 4 heterocycles. The summed E-state index contributed by atoms with van der Waals surface area (Å²) in [6.45, 7) is 14.1. The fourth-order valence-electron chi connectivity index (χ4n) is 4.54. The second-order valence-electron chi connectivity index (χ2n) is 8.63. The zero-order chi connectivity index (χ0) is 23.0. The first kappa shape index (κ1) is 22.9. The molecule has 0 bridgehead atoms. The van der Waals surface area contributed by atoms with E-state index >= 15 is 0 Å². The SMILES string of the molecule is CCn1nc(C)c(S(=O)(=O)N2CCN(c3cc(N4CCN(C)CC4)nc(C)n3)CC2)c1C. The predicted molar refractivity (Wildman–Crippen MR) is 125 cm³/mol. The Hall–Kier alpha value is -2.24. The molecule has 0 atom stereocenters. The maximum atomic E-state index is 13.4. The third-order valence-electron chi connectivity index (χ3n) is 6.41. The van der Waals surface area contributed by atoms with E-state index in [1.54, 1.807) is 15.9 Å². The number of rotatable bonds is 5. The second kappa shape index (κ2) is 8.95. The van der Waals surface area contributed by atoms with Crippen LogP contribution in [0.15, 0.2) is 11.0 Å². The highest BCUT2D eigenvalue weighted by Gasteiger charge is 2.33. The van der Waals surface area contributed by atoms with Crippen molar-refractivity contribution < 1.29 is 8.42 Å². The molecule has 2 aromatic heterocycles. The average Bonchev–Trinajstić information content (AvgIpc) is 3.07. The summed E-state index contributed by atoms with van der Waals surface area (Å²) in [5.41, 5.74) is 1.27. The highest BCUT2D eigenvalue weighted by Crippen LogP contribution is 2.26. The number of piperazine rings is 2. The maximum absolute atomic E-state index is 13.4. The molecule has 11 heteroatoms. The van der Waals surface area contributed by atoms with Crippen molar-refractivity contribution in [2.45, 2.75) is 39.1 Å². The predicted octanol–water partition coefficient (Wildman–Crippen LogP) is 0.881. The molecule has 0 N–H and O–H groups in total. The molecule has 0 spiro atoms. The van der Waals surface area contributed by atoms with E-state index in [-0.39, 0.29) is 0 Å². The van der Waals surface area contributed by atoms with E-state index < -0.39 is 10.0 Å². The molecule has 0 unspecified atom stereocenters. The average molecular weight is 463 g/mol.